The molecule has 0 aliphatic rings. The van der Waals surface area contributed by atoms with Gasteiger partial charge in [-0.15, -0.1) is 10.2 Å². The second-order valence-electron chi connectivity index (χ2n) is 5.41. The Bertz CT molecular complexity index is 859. The summed E-state index contributed by atoms with van der Waals surface area (Å²) in [4.78, 5) is 10.7. The second-order valence-corrected chi connectivity index (χ2v) is 5.41. The minimum absolute atomic E-state index is 0.0361. The van der Waals surface area contributed by atoms with Crippen molar-refractivity contribution < 1.29 is 4.92 Å². The lowest BCUT2D eigenvalue weighted by Crippen LogP contribution is -2.21. The fourth-order valence-electron chi connectivity index (χ4n) is 2.57. The Hall–Kier alpha value is -2.80. The number of nitro groups is 1. The normalized spacial score (nSPS) is 12.4. The highest BCUT2D eigenvalue weighted by atomic mass is 16.6. The Morgan fingerprint density at radius 3 is 2.87 bits per heavy atom. The molecule has 0 fully saturated rings. The number of nitro benzene ring substituents is 1. The van der Waals surface area contributed by atoms with E-state index in [1.807, 2.05) is 41.8 Å². The Morgan fingerprint density at radius 1 is 1.26 bits per heavy atom. The molecule has 118 valence electrons. The van der Waals surface area contributed by atoms with Crippen LogP contribution < -0.4 is 5.32 Å². The second kappa shape index (κ2) is 6.13. The van der Waals surface area contributed by atoms with Gasteiger partial charge in [0.15, 0.2) is 11.5 Å². The molecule has 0 amide bonds. The molecule has 3 aromatic rings. The van der Waals surface area contributed by atoms with Crippen LogP contribution in [-0.4, -0.2) is 19.5 Å². The molecule has 3 rings (SSSR count). The van der Waals surface area contributed by atoms with Crippen LogP contribution in [0.15, 0.2) is 42.6 Å². The quantitative estimate of drug-likeness (QED) is 0.578. The predicted octanol–water partition coefficient (Wildman–Crippen LogP) is 2.80. The fraction of sp³-hybridized carbons (Fsp3) is 0.250. The van der Waals surface area contributed by atoms with E-state index >= 15 is 0 Å². The third-order valence-corrected chi connectivity index (χ3v) is 3.94. The zero-order chi connectivity index (χ0) is 16.4. The van der Waals surface area contributed by atoms with Crippen LogP contribution in [0.3, 0.4) is 0 Å². The van der Waals surface area contributed by atoms with Crippen molar-refractivity contribution in [1.82, 2.24) is 19.9 Å². The van der Waals surface area contributed by atoms with E-state index in [0.717, 1.165) is 17.0 Å². The molecule has 1 aromatic carbocycles. The highest BCUT2D eigenvalue weighted by Gasteiger charge is 2.16. The van der Waals surface area contributed by atoms with Crippen molar-refractivity contribution in [2.45, 2.75) is 26.4 Å². The molecule has 0 radical (unpaired) electrons. The highest BCUT2D eigenvalue weighted by molar-refractivity contribution is 5.44. The molecule has 0 aliphatic heterocycles. The first-order chi connectivity index (χ1) is 11.1. The zero-order valence-electron chi connectivity index (χ0n) is 12.9. The van der Waals surface area contributed by atoms with Gasteiger partial charge in [-0.25, -0.2) is 0 Å². The first-order valence-electron chi connectivity index (χ1n) is 7.34. The molecule has 7 nitrogen and oxygen atoms in total. The van der Waals surface area contributed by atoms with E-state index in [0.29, 0.717) is 12.1 Å². The number of hydrogen-bond donors (Lipinski definition) is 1. The van der Waals surface area contributed by atoms with Crippen molar-refractivity contribution in [1.29, 1.82) is 0 Å². The van der Waals surface area contributed by atoms with Gasteiger partial charge in [0.1, 0.15) is 0 Å². The number of pyridine rings is 1. The van der Waals surface area contributed by atoms with E-state index in [1.165, 1.54) is 6.07 Å². The van der Waals surface area contributed by atoms with E-state index in [9.17, 15) is 10.1 Å². The largest absolute Gasteiger partial charge is 0.303 e. The molecule has 1 N–H and O–H groups in total. The van der Waals surface area contributed by atoms with E-state index < -0.39 is 0 Å². The molecule has 7 heteroatoms. The van der Waals surface area contributed by atoms with E-state index in [1.54, 1.807) is 13.0 Å². The lowest BCUT2D eigenvalue weighted by Gasteiger charge is -2.13. The van der Waals surface area contributed by atoms with Crippen LogP contribution in [0.5, 0.6) is 0 Å². The molecule has 0 unspecified atom stereocenters. The van der Waals surface area contributed by atoms with Crippen LogP contribution in [0, 0.1) is 17.0 Å². The fourth-order valence-corrected chi connectivity index (χ4v) is 2.57. The van der Waals surface area contributed by atoms with Crippen molar-refractivity contribution >= 4 is 11.3 Å². The summed E-state index contributed by atoms with van der Waals surface area (Å²) in [6.07, 6.45) is 1.92. The van der Waals surface area contributed by atoms with Crippen molar-refractivity contribution in [3.63, 3.8) is 0 Å². The third kappa shape index (κ3) is 2.91. The minimum atomic E-state index is -0.353. The van der Waals surface area contributed by atoms with Crippen molar-refractivity contribution in [3.8, 4) is 0 Å². The molecular formula is C16H17N5O2. The number of hydrogen-bond acceptors (Lipinski definition) is 5. The Morgan fingerprint density at radius 2 is 2.09 bits per heavy atom. The average molecular weight is 311 g/mol. The molecule has 0 aliphatic carbocycles. The maximum absolute atomic E-state index is 11.0. The number of fused-ring (bicyclic) bond motifs is 1. The zero-order valence-corrected chi connectivity index (χ0v) is 12.9. The van der Waals surface area contributed by atoms with Crippen molar-refractivity contribution in [3.05, 3.63) is 69.7 Å². The topological polar surface area (TPSA) is 85.4 Å². The number of benzene rings is 1. The molecule has 2 heterocycles. The van der Waals surface area contributed by atoms with Gasteiger partial charge in [-0.05, 0) is 31.5 Å². The van der Waals surface area contributed by atoms with Crippen LogP contribution in [-0.2, 0) is 6.54 Å². The van der Waals surface area contributed by atoms with Gasteiger partial charge in [0.25, 0.3) is 5.69 Å². The van der Waals surface area contributed by atoms with Crippen LogP contribution >= 0.6 is 0 Å². The smallest absolute Gasteiger partial charge is 0.272 e. The monoisotopic (exact) mass is 311 g/mol. The third-order valence-electron chi connectivity index (χ3n) is 3.94. The summed E-state index contributed by atoms with van der Waals surface area (Å²) in [7, 11) is 0. The molecule has 0 spiro atoms. The first kappa shape index (κ1) is 15.1. The van der Waals surface area contributed by atoms with Crippen LogP contribution in [0.2, 0.25) is 0 Å². The minimum Gasteiger partial charge on any atom is -0.303 e. The summed E-state index contributed by atoms with van der Waals surface area (Å²) >= 11 is 0. The molecule has 0 bridgehead atoms. The van der Waals surface area contributed by atoms with E-state index in [-0.39, 0.29) is 16.7 Å². The number of nitrogens with one attached hydrogen (secondary N) is 1. The van der Waals surface area contributed by atoms with Gasteiger partial charge in [-0.1, -0.05) is 18.2 Å². The maximum Gasteiger partial charge on any atom is 0.272 e. The lowest BCUT2D eigenvalue weighted by atomic mass is 10.1. The summed E-state index contributed by atoms with van der Waals surface area (Å²) in [5, 5.41) is 22.7. The average Bonchev–Trinajstić information content (AvgIpc) is 2.97. The Kier molecular flexibility index (Phi) is 4.03. The predicted molar refractivity (Wildman–Crippen MR) is 86.1 cm³/mol. The molecule has 23 heavy (non-hydrogen) atoms. The molecule has 0 saturated carbocycles. The van der Waals surface area contributed by atoms with Crippen LogP contribution in [0.1, 0.15) is 29.9 Å². The van der Waals surface area contributed by atoms with Crippen molar-refractivity contribution in [2.24, 2.45) is 0 Å². The number of nitrogens with zero attached hydrogens (tertiary/aromatic N) is 4. The molecule has 0 saturated heterocycles. The number of aromatic nitrogens is 3. The Labute approximate surface area is 133 Å². The Balaban J connectivity index is 1.78. The maximum atomic E-state index is 11.0. The van der Waals surface area contributed by atoms with E-state index in [2.05, 4.69) is 15.5 Å². The van der Waals surface area contributed by atoms with E-state index in [4.69, 9.17) is 0 Å². The molecule has 1 atom stereocenters. The van der Waals surface area contributed by atoms with Crippen molar-refractivity contribution in [2.75, 3.05) is 0 Å². The van der Waals surface area contributed by atoms with Gasteiger partial charge >= 0.3 is 0 Å². The van der Waals surface area contributed by atoms with Crippen LogP contribution in [0.4, 0.5) is 5.69 Å². The van der Waals surface area contributed by atoms with Gasteiger partial charge in [-0.3, -0.25) is 14.5 Å². The highest BCUT2D eigenvalue weighted by Crippen LogP contribution is 2.21. The first-order valence-corrected chi connectivity index (χ1v) is 7.34. The lowest BCUT2D eigenvalue weighted by molar-refractivity contribution is -0.385. The molecular weight excluding hydrogens is 294 g/mol. The SMILES string of the molecule is Cc1c(CN[C@H](C)c2nnc3ccccn23)cccc1[N+](=O)[O-]. The van der Waals surface area contributed by atoms with Gasteiger partial charge in [0.2, 0.25) is 0 Å². The molecule has 2 aromatic heterocycles. The summed E-state index contributed by atoms with van der Waals surface area (Å²) < 4.78 is 1.93. The van der Waals surface area contributed by atoms with Gasteiger partial charge in [0, 0.05) is 24.4 Å². The van der Waals surface area contributed by atoms with Gasteiger partial charge in [-0.2, -0.15) is 0 Å². The van der Waals surface area contributed by atoms with Gasteiger partial charge in [0.05, 0.1) is 11.0 Å². The summed E-state index contributed by atoms with van der Waals surface area (Å²) in [6, 6.07) is 10.8. The summed E-state index contributed by atoms with van der Waals surface area (Å²) in [5.41, 5.74) is 2.52. The summed E-state index contributed by atoms with van der Waals surface area (Å²) in [6.45, 7) is 4.29. The standard InChI is InChI=1S/C16H17N5O2/c1-11-13(6-5-7-14(11)21(22)23)10-17-12(2)16-19-18-15-8-3-4-9-20(15)16/h3-9,12,17H,10H2,1-2H3/t12-/m1/s1. The number of rotatable bonds is 5. The van der Waals surface area contributed by atoms with Gasteiger partial charge < -0.3 is 5.32 Å². The van der Waals surface area contributed by atoms with Crippen LogP contribution in [0.25, 0.3) is 5.65 Å². The summed E-state index contributed by atoms with van der Waals surface area (Å²) in [5.74, 6) is 0.809.